The van der Waals surface area contributed by atoms with Gasteiger partial charge in [-0.2, -0.15) is 0 Å². The second kappa shape index (κ2) is 4.45. The van der Waals surface area contributed by atoms with Crippen molar-refractivity contribution in [3.63, 3.8) is 0 Å². The molecule has 3 heteroatoms. The molecule has 1 aliphatic heterocycles. The molecular weight excluding hydrogens is 152 g/mol. The normalized spacial score (nSPS) is 24.2. The molecule has 0 unspecified atom stereocenters. The van der Waals surface area contributed by atoms with E-state index in [1.807, 2.05) is 4.90 Å². The maximum absolute atomic E-state index is 11.3. The minimum Gasteiger partial charge on any atom is -0.339 e. The van der Waals surface area contributed by atoms with Crippen molar-refractivity contribution in [2.45, 2.75) is 38.6 Å². The second-order valence-corrected chi connectivity index (χ2v) is 3.35. The Morgan fingerprint density at radius 1 is 1.58 bits per heavy atom. The third kappa shape index (κ3) is 1.97. The maximum Gasteiger partial charge on any atom is 0.236 e. The van der Waals surface area contributed by atoms with Crippen molar-refractivity contribution in [2.75, 3.05) is 13.1 Å². The van der Waals surface area contributed by atoms with Gasteiger partial charge < -0.3 is 10.6 Å². The summed E-state index contributed by atoms with van der Waals surface area (Å²) in [7, 11) is 0. The van der Waals surface area contributed by atoms with Crippen molar-refractivity contribution in [3.05, 3.63) is 0 Å². The molecule has 1 rings (SSSR count). The number of carbonyl (C=O) groups is 1. The highest BCUT2D eigenvalue weighted by Crippen LogP contribution is 2.18. The van der Waals surface area contributed by atoms with E-state index in [0.717, 1.165) is 25.8 Å². The molecule has 3 nitrogen and oxygen atoms in total. The van der Waals surface area contributed by atoms with Gasteiger partial charge in [0.15, 0.2) is 0 Å². The molecule has 0 radical (unpaired) electrons. The van der Waals surface area contributed by atoms with Gasteiger partial charge in [-0.05, 0) is 25.7 Å². The lowest BCUT2D eigenvalue weighted by Gasteiger charge is -2.35. The van der Waals surface area contributed by atoms with Gasteiger partial charge in [-0.3, -0.25) is 4.79 Å². The topological polar surface area (TPSA) is 46.3 Å². The van der Waals surface area contributed by atoms with Crippen LogP contribution in [0.3, 0.4) is 0 Å². The van der Waals surface area contributed by atoms with E-state index in [2.05, 4.69) is 6.92 Å². The minimum atomic E-state index is 0.113. The fourth-order valence-corrected chi connectivity index (χ4v) is 1.87. The molecule has 0 spiro atoms. The van der Waals surface area contributed by atoms with Crippen LogP contribution in [-0.4, -0.2) is 29.9 Å². The molecule has 1 fully saturated rings. The Balaban J connectivity index is 2.52. The van der Waals surface area contributed by atoms with Gasteiger partial charge in [0.1, 0.15) is 0 Å². The summed E-state index contributed by atoms with van der Waals surface area (Å²) in [4.78, 5) is 13.3. The summed E-state index contributed by atoms with van der Waals surface area (Å²) >= 11 is 0. The van der Waals surface area contributed by atoms with Gasteiger partial charge in [0.25, 0.3) is 0 Å². The van der Waals surface area contributed by atoms with E-state index in [1.54, 1.807) is 0 Å². The molecule has 70 valence electrons. The number of piperidine rings is 1. The summed E-state index contributed by atoms with van der Waals surface area (Å²) in [6.07, 6.45) is 4.61. The number of hydrogen-bond acceptors (Lipinski definition) is 2. The summed E-state index contributed by atoms with van der Waals surface area (Å²) in [6.45, 7) is 3.21. The van der Waals surface area contributed by atoms with Crippen LogP contribution in [0.4, 0.5) is 0 Å². The van der Waals surface area contributed by atoms with Crippen LogP contribution in [0.1, 0.15) is 32.6 Å². The number of likely N-dealkylation sites (tertiary alicyclic amines) is 1. The first-order valence-corrected chi connectivity index (χ1v) is 4.79. The van der Waals surface area contributed by atoms with Gasteiger partial charge >= 0.3 is 0 Å². The Bertz CT molecular complexity index is 159. The summed E-state index contributed by atoms with van der Waals surface area (Å²) in [6, 6.07) is 0.454. The third-order valence-electron chi connectivity index (χ3n) is 2.59. The average Bonchev–Trinajstić information content (AvgIpc) is 2.16. The summed E-state index contributed by atoms with van der Waals surface area (Å²) in [5.74, 6) is 0.113. The second-order valence-electron chi connectivity index (χ2n) is 3.35. The molecule has 0 aliphatic carbocycles. The van der Waals surface area contributed by atoms with E-state index in [-0.39, 0.29) is 12.5 Å². The van der Waals surface area contributed by atoms with E-state index in [4.69, 9.17) is 5.73 Å². The summed E-state index contributed by atoms with van der Waals surface area (Å²) in [5, 5.41) is 0. The molecule has 1 atom stereocenters. The predicted molar refractivity (Wildman–Crippen MR) is 48.7 cm³/mol. The molecule has 1 aliphatic rings. The molecule has 2 N–H and O–H groups in total. The van der Waals surface area contributed by atoms with Gasteiger partial charge in [-0.15, -0.1) is 0 Å². The first-order chi connectivity index (χ1) is 5.79. The standard InChI is InChI=1S/C9H18N2O/c1-2-8-5-3-4-6-11(8)9(12)7-10/h8H,2-7,10H2,1H3/t8-/m1/s1. The van der Waals surface area contributed by atoms with Gasteiger partial charge in [-0.1, -0.05) is 6.92 Å². The zero-order valence-electron chi connectivity index (χ0n) is 7.75. The number of hydrogen-bond donors (Lipinski definition) is 1. The van der Waals surface area contributed by atoms with Crippen molar-refractivity contribution in [3.8, 4) is 0 Å². The van der Waals surface area contributed by atoms with Crippen LogP contribution in [-0.2, 0) is 4.79 Å². The highest BCUT2D eigenvalue weighted by molar-refractivity contribution is 5.78. The molecule has 1 amide bonds. The Morgan fingerprint density at radius 3 is 2.92 bits per heavy atom. The van der Waals surface area contributed by atoms with E-state index < -0.39 is 0 Å². The van der Waals surface area contributed by atoms with Gasteiger partial charge in [-0.25, -0.2) is 0 Å². The fourth-order valence-electron chi connectivity index (χ4n) is 1.87. The van der Waals surface area contributed by atoms with E-state index in [1.165, 1.54) is 6.42 Å². The molecule has 0 saturated carbocycles. The quantitative estimate of drug-likeness (QED) is 0.664. The lowest BCUT2D eigenvalue weighted by Crippen LogP contribution is -2.46. The maximum atomic E-state index is 11.3. The molecule has 1 saturated heterocycles. The summed E-state index contributed by atoms with van der Waals surface area (Å²) < 4.78 is 0. The van der Waals surface area contributed by atoms with Crippen molar-refractivity contribution in [1.82, 2.24) is 4.90 Å². The molecule has 0 aromatic rings. The zero-order chi connectivity index (χ0) is 8.97. The van der Waals surface area contributed by atoms with Crippen LogP contribution in [0.15, 0.2) is 0 Å². The monoisotopic (exact) mass is 170 g/mol. The third-order valence-corrected chi connectivity index (χ3v) is 2.59. The molecule has 0 bridgehead atoms. The Labute approximate surface area is 73.9 Å². The van der Waals surface area contributed by atoms with E-state index >= 15 is 0 Å². The molecule has 0 aromatic heterocycles. The van der Waals surface area contributed by atoms with Gasteiger partial charge in [0.2, 0.25) is 5.91 Å². The van der Waals surface area contributed by atoms with Crippen molar-refractivity contribution in [2.24, 2.45) is 5.73 Å². The number of amides is 1. The number of rotatable bonds is 2. The van der Waals surface area contributed by atoms with E-state index in [0.29, 0.717) is 6.04 Å². The smallest absolute Gasteiger partial charge is 0.236 e. The molecular formula is C9H18N2O. The van der Waals surface area contributed by atoms with Gasteiger partial charge in [0, 0.05) is 12.6 Å². The number of nitrogens with zero attached hydrogens (tertiary/aromatic N) is 1. The SMILES string of the molecule is CC[C@@H]1CCCCN1C(=O)CN. The largest absolute Gasteiger partial charge is 0.339 e. The van der Waals surface area contributed by atoms with Crippen LogP contribution in [0.25, 0.3) is 0 Å². The highest BCUT2D eigenvalue weighted by Gasteiger charge is 2.23. The van der Waals surface area contributed by atoms with Crippen LogP contribution in [0, 0.1) is 0 Å². The first-order valence-electron chi connectivity index (χ1n) is 4.79. The fraction of sp³-hybridized carbons (Fsp3) is 0.889. The average molecular weight is 170 g/mol. The van der Waals surface area contributed by atoms with Crippen molar-refractivity contribution >= 4 is 5.91 Å². The van der Waals surface area contributed by atoms with Gasteiger partial charge in [0.05, 0.1) is 6.54 Å². The van der Waals surface area contributed by atoms with Crippen LogP contribution < -0.4 is 5.73 Å². The molecule has 12 heavy (non-hydrogen) atoms. The first kappa shape index (κ1) is 9.52. The molecule has 0 aromatic carbocycles. The van der Waals surface area contributed by atoms with Crippen molar-refractivity contribution < 1.29 is 4.79 Å². The van der Waals surface area contributed by atoms with E-state index in [9.17, 15) is 4.79 Å². The van der Waals surface area contributed by atoms with Crippen LogP contribution in [0.5, 0.6) is 0 Å². The Kier molecular flexibility index (Phi) is 3.53. The van der Waals surface area contributed by atoms with Crippen molar-refractivity contribution in [1.29, 1.82) is 0 Å². The summed E-state index contributed by atoms with van der Waals surface area (Å²) in [5.41, 5.74) is 5.33. The predicted octanol–water partition coefficient (Wildman–Crippen LogP) is 0.736. The number of nitrogens with two attached hydrogens (primary N) is 1. The minimum absolute atomic E-state index is 0.113. The lowest BCUT2D eigenvalue weighted by atomic mass is 10.00. The number of carbonyl (C=O) groups excluding carboxylic acids is 1. The van der Waals surface area contributed by atoms with Crippen LogP contribution >= 0.6 is 0 Å². The Morgan fingerprint density at radius 2 is 2.33 bits per heavy atom. The zero-order valence-corrected chi connectivity index (χ0v) is 7.75. The lowest BCUT2D eigenvalue weighted by molar-refractivity contribution is -0.133. The Hall–Kier alpha value is -0.570. The molecule has 1 heterocycles. The highest BCUT2D eigenvalue weighted by atomic mass is 16.2. The van der Waals surface area contributed by atoms with Crippen LogP contribution in [0.2, 0.25) is 0 Å².